The second-order valence-corrected chi connectivity index (χ2v) is 4.35. The zero-order chi connectivity index (χ0) is 13.8. The summed E-state index contributed by atoms with van der Waals surface area (Å²) >= 11 is 0. The fraction of sp³-hybridized carbons (Fsp3) is 0.667. The lowest BCUT2D eigenvalue weighted by molar-refractivity contribution is -0.141. The lowest BCUT2D eigenvalue weighted by Gasteiger charge is -2.24. The van der Waals surface area contributed by atoms with Gasteiger partial charge in [-0.2, -0.15) is 5.10 Å². The topological polar surface area (TPSA) is 88.0 Å². The molecule has 0 radical (unpaired) electrons. The summed E-state index contributed by atoms with van der Waals surface area (Å²) in [6.07, 6.45) is 1.96. The second kappa shape index (κ2) is 5.75. The number of nitrogens with one attached hydrogen (secondary N) is 1. The van der Waals surface area contributed by atoms with Crippen LogP contribution in [0.15, 0.2) is 0 Å². The maximum absolute atomic E-state index is 11.2. The predicted molar refractivity (Wildman–Crippen MR) is 68.5 cm³/mol. The monoisotopic (exact) mass is 252 g/mol. The second-order valence-electron chi connectivity index (χ2n) is 4.35. The molecule has 0 fully saturated rings. The number of anilines is 1. The van der Waals surface area contributed by atoms with Gasteiger partial charge in [-0.3, -0.25) is 0 Å². The lowest BCUT2D eigenvalue weighted by Crippen LogP contribution is -2.43. The number of hydrogen-bond donors (Lipinski definition) is 2. The third-order valence-corrected chi connectivity index (χ3v) is 3.08. The highest BCUT2D eigenvalue weighted by atomic mass is 16.4. The largest absolute Gasteiger partial charge is 0.480 e. The molecule has 1 aromatic heterocycles. The van der Waals surface area contributed by atoms with Gasteiger partial charge in [-0.1, -0.05) is 20.8 Å². The van der Waals surface area contributed by atoms with E-state index in [9.17, 15) is 9.90 Å². The van der Waals surface area contributed by atoms with Gasteiger partial charge in [0.1, 0.15) is 5.54 Å². The van der Waals surface area contributed by atoms with Crippen molar-refractivity contribution < 1.29 is 9.90 Å². The van der Waals surface area contributed by atoms with Gasteiger partial charge in [-0.05, 0) is 26.2 Å². The molecule has 0 aliphatic rings. The number of carboxylic acids is 1. The molecule has 1 heterocycles. The average molecular weight is 252 g/mol. The third-order valence-electron chi connectivity index (χ3n) is 3.08. The Hall–Kier alpha value is -1.72. The maximum Gasteiger partial charge on any atom is 0.329 e. The Morgan fingerprint density at radius 1 is 1.22 bits per heavy atom. The molecule has 1 unspecified atom stereocenters. The molecule has 6 nitrogen and oxygen atoms in total. The smallest absolute Gasteiger partial charge is 0.329 e. The van der Waals surface area contributed by atoms with Gasteiger partial charge in [0.15, 0.2) is 0 Å². The Kier molecular flexibility index (Phi) is 4.58. The zero-order valence-corrected chi connectivity index (χ0v) is 11.3. The SMILES string of the molecule is CCc1nnc(NC(C)(CC)C(=O)O)nc1CC. The molecule has 0 bridgehead atoms. The normalized spacial score (nSPS) is 14.0. The number of aryl methyl sites for hydroxylation is 2. The first kappa shape index (κ1) is 14.3. The maximum atomic E-state index is 11.2. The van der Waals surface area contributed by atoms with Crippen molar-refractivity contribution in [3.05, 3.63) is 11.4 Å². The summed E-state index contributed by atoms with van der Waals surface area (Å²) in [5, 5.41) is 20.0. The highest BCUT2D eigenvalue weighted by molar-refractivity contribution is 5.81. The fourth-order valence-corrected chi connectivity index (χ4v) is 1.53. The van der Waals surface area contributed by atoms with Gasteiger partial charge in [-0.25, -0.2) is 9.78 Å². The van der Waals surface area contributed by atoms with Crippen molar-refractivity contribution in [2.45, 2.75) is 52.5 Å². The number of aromatic nitrogens is 3. The summed E-state index contributed by atoms with van der Waals surface area (Å²) in [4.78, 5) is 15.5. The summed E-state index contributed by atoms with van der Waals surface area (Å²) in [7, 11) is 0. The van der Waals surface area contributed by atoms with Crippen LogP contribution in [0.4, 0.5) is 5.95 Å². The van der Waals surface area contributed by atoms with Gasteiger partial charge < -0.3 is 10.4 Å². The van der Waals surface area contributed by atoms with E-state index in [1.54, 1.807) is 13.8 Å². The molecule has 0 aliphatic heterocycles. The molecular weight excluding hydrogens is 232 g/mol. The van der Waals surface area contributed by atoms with Crippen molar-refractivity contribution in [3.63, 3.8) is 0 Å². The Morgan fingerprint density at radius 2 is 1.83 bits per heavy atom. The molecule has 1 rings (SSSR count). The minimum absolute atomic E-state index is 0.274. The Bertz CT molecular complexity index is 436. The zero-order valence-electron chi connectivity index (χ0n) is 11.3. The first-order chi connectivity index (χ1) is 8.46. The first-order valence-electron chi connectivity index (χ1n) is 6.20. The van der Waals surface area contributed by atoms with Crippen LogP contribution in [0, 0.1) is 0 Å². The van der Waals surface area contributed by atoms with Gasteiger partial charge in [0.05, 0.1) is 11.4 Å². The molecule has 0 saturated heterocycles. The van der Waals surface area contributed by atoms with E-state index in [1.807, 2.05) is 13.8 Å². The van der Waals surface area contributed by atoms with E-state index < -0.39 is 11.5 Å². The van der Waals surface area contributed by atoms with Gasteiger partial charge in [0, 0.05) is 0 Å². The highest BCUT2D eigenvalue weighted by Crippen LogP contribution is 2.16. The molecule has 0 saturated carbocycles. The number of nitrogens with zero attached hydrogens (tertiary/aromatic N) is 3. The number of carbonyl (C=O) groups is 1. The molecule has 0 aromatic carbocycles. The molecule has 100 valence electrons. The van der Waals surface area contributed by atoms with Crippen molar-refractivity contribution in [2.24, 2.45) is 0 Å². The number of hydrogen-bond acceptors (Lipinski definition) is 5. The third kappa shape index (κ3) is 2.94. The van der Waals surface area contributed by atoms with Crippen LogP contribution in [0.2, 0.25) is 0 Å². The lowest BCUT2D eigenvalue weighted by atomic mass is 10.00. The van der Waals surface area contributed by atoms with Crippen molar-refractivity contribution in [3.8, 4) is 0 Å². The Balaban J connectivity index is 3.01. The van der Waals surface area contributed by atoms with Crippen LogP contribution >= 0.6 is 0 Å². The quantitative estimate of drug-likeness (QED) is 0.800. The van der Waals surface area contributed by atoms with Gasteiger partial charge in [0.2, 0.25) is 5.95 Å². The van der Waals surface area contributed by atoms with Crippen LogP contribution in [0.1, 0.15) is 45.5 Å². The van der Waals surface area contributed by atoms with Crippen molar-refractivity contribution >= 4 is 11.9 Å². The summed E-state index contributed by atoms with van der Waals surface area (Å²) in [6.45, 7) is 7.39. The number of aliphatic carboxylic acids is 1. The molecule has 1 atom stereocenters. The molecule has 6 heteroatoms. The Labute approximate surface area is 107 Å². The van der Waals surface area contributed by atoms with Gasteiger partial charge >= 0.3 is 5.97 Å². The first-order valence-corrected chi connectivity index (χ1v) is 6.20. The summed E-state index contributed by atoms with van der Waals surface area (Å²) in [5.74, 6) is -0.651. The van der Waals surface area contributed by atoms with Gasteiger partial charge in [-0.15, -0.1) is 5.10 Å². The standard InChI is InChI=1S/C12H20N4O2/c1-5-8-9(6-2)15-16-11(13-8)14-12(4,7-3)10(17)18/h5-7H2,1-4H3,(H,17,18)(H,13,14,16). The van der Waals surface area contributed by atoms with Crippen LogP contribution in [-0.2, 0) is 17.6 Å². The molecule has 0 aliphatic carbocycles. The molecule has 18 heavy (non-hydrogen) atoms. The average Bonchev–Trinajstić information content (AvgIpc) is 2.38. The molecule has 0 amide bonds. The van der Waals surface area contributed by atoms with E-state index >= 15 is 0 Å². The molecule has 2 N–H and O–H groups in total. The molecule has 1 aromatic rings. The summed E-state index contributed by atoms with van der Waals surface area (Å²) in [5.41, 5.74) is 0.649. The van der Waals surface area contributed by atoms with Crippen LogP contribution in [0.25, 0.3) is 0 Å². The minimum Gasteiger partial charge on any atom is -0.480 e. The van der Waals surface area contributed by atoms with Crippen LogP contribution < -0.4 is 5.32 Å². The highest BCUT2D eigenvalue weighted by Gasteiger charge is 2.32. The van der Waals surface area contributed by atoms with E-state index in [4.69, 9.17) is 0 Å². The van der Waals surface area contributed by atoms with Crippen molar-refractivity contribution in [2.75, 3.05) is 5.32 Å². The van der Waals surface area contributed by atoms with Crippen LogP contribution in [0.5, 0.6) is 0 Å². The Morgan fingerprint density at radius 3 is 2.28 bits per heavy atom. The van der Waals surface area contributed by atoms with E-state index in [-0.39, 0.29) is 5.95 Å². The van der Waals surface area contributed by atoms with Crippen LogP contribution in [0.3, 0.4) is 0 Å². The van der Waals surface area contributed by atoms with E-state index in [0.717, 1.165) is 24.2 Å². The van der Waals surface area contributed by atoms with Crippen LogP contribution in [-0.4, -0.2) is 31.8 Å². The minimum atomic E-state index is -1.07. The number of carboxylic acid groups (broad SMARTS) is 1. The molecular formula is C12H20N4O2. The van der Waals surface area contributed by atoms with Crippen molar-refractivity contribution in [1.82, 2.24) is 15.2 Å². The molecule has 0 spiro atoms. The van der Waals surface area contributed by atoms with E-state index in [0.29, 0.717) is 6.42 Å². The van der Waals surface area contributed by atoms with Gasteiger partial charge in [0.25, 0.3) is 0 Å². The van der Waals surface area contributed by atoms with E-state index in [2.05, 4.69) is 20.5 Å². The predicted octanol–water partition coefficient (Wildman–Crippen LogP) is 1.66. The van der Waals surface area contributed by atoms with Crippen molar-refractivity contribution in [1.29, 1.82) is 0 Å². The summed E-state index contributed by atoms with van der Waals surface area (Å²) < 4.78 is 0. The van der Waals surface area contributed by atoms with E-state index in [1.165, 1.54) is 0 Å². The fourth-order valence-electron chi connectivity index (χ4n) is 1.53. The number of rotatable bonds is 6. The summed E-state index contributed by atoms with van der Waals surface area (Å²) in [6, 6.07) is 0.